The van der Waals surface area contributed by atoms with Crippen molar-refractivity contribution in [3.8, 4) is 0 Å². The molecule has 6 nitrogen and oxygen atoms in total. The van der Waals surface area contributed by atoms with Crippen LogP contribution in [-0.4, -0.2) is 29.8 Å². The molecule has 1 N–H and O–H groups in total. The third kappa shape index (κ3) is 5.83. The molecule has 1 aliphatic rings. The minimum Gasteiger partial charge on any atom is -0.458 e. The van der Waals surface area contributed by atoms with Crippen molar-refractivity contribution in [2.24, 2.45) is 0 Å². The Morgan fingerprint density at radius 1 is 1.13 bits per heavy atom. The zero-order chi connectivity index (χ0) is 21.8. The molecular weight excluding hydrogens is 450 g/mol. The molecular formula is C23H26BrNO5. The first-order valence-electron chi connectivity index (χ1n) is 9.76. The summed E-state index contributed by atoms with van der Waals surface area (Å²) < 4.78 is 17.8. The molecule has 160 valence electrons. The largest absolute Gasteiger partial charge is 0.458 e. The van der Waals surface area contributed by atoms with Crippen LogP contribution in [-0.2, 0) is 25.6 Å². The van der Waals surface area contributed by atoms with Crippen LogP contribution in [0.2, 0.25) is 0 Å². The van der Waals surface area contributed by atoms with Gasteiger partial charge in [0.1, 0.15) is 12.2 Å². The lowest BCUT2D eigenvalue weighted by atomic mass is 9.93. The lowest BCUT2D eigenvalue weighted by molar-refractivity contribution is -0.163. The molecule has 0 bridgehead atoms. The van der Waals surface area contributed by atoms with E-state index in [9.17, 15) is 9.59 Å². The molecule has 0 aromatic heterocycles. The summed E-state index contributed by atoms with van der Waals surface area (Å²) >= 11 is 3.41. The fourth-order valence-corrected chi connectivity index (χ4v) is 3.44. The third-order valence-electron chi connectivity index (χ3n) is 4.65. The maximum Gasteiger partial charge on any atom is 0.408 e. The highest BCUT2D eigenvalue weighted by atomic mass is 79.9. The number of hydrogen-bond acceptors (Lipinski definition) is 5. The molecule has 0 aliphatic carbocycles. The average molecular weight is 476 g/mol. The molecule has 0 unspecified atom stereocenters. The van der Waals surface area contributed by atoms with E-state index >= 15 is 0 Å². The number of carbonyl (C=O) groups is 2. The molecule has 0 saturated carbocycles. The van der Waals surface area contributed by atoms with Gasteiger partial charge in [-0.3, -0.25) is 0 Å². The van der Waals surface area contributed by atoms with E-state index in [1.165, 1.54) is 0 Å². The molecule has 1 saturated heterocycles. The molecule has 30 heavy (non-hydrogen) atoms. The van der Waals surface area contributed by atoms with Gasteiger partial charge in [-0.1, -0.05) is 58.4 Å². The van der Waals surface area contributed by atoms with Gasteiger partial charge < -0.3 is 19.5 Å². The smallest absolute Gasteiger partial charge is 0.408 e. The molecule has 1 fully saturated rings. The molecule has 1 amide bonds. The Balaban J connectivity index is 1.74. The number of amides is 1. The van der Waals surface area contributed by atoms with E-state index in [4.69, 9.17) is 14.2 Å². The second-order valence-electron chi connectivity index (χ2n) is 8.33. The summed E-state index contributed by atoms with van der Waals surface area (Å²) in [5, 5.41) is 2.73. The van der Waals surface area contributed by atoms with Crippen molar-refractivity contribution >= 4 is 28.0 Å². The summed E-state index contributed by atoms with van der Waals surface area (Å²) in [6, 6.07) is 17.0. The topological polar surface area (TPSA) is 73.9 Å². The fourth-order valence-electron chi connectivity index (χ4n) is 3.18. The average Bonchev–Trinajstić information content (AvgIpc) is 3.12. The lowest BCUT2D eigenvalue weighted by Crippen LogP contribution is -2.57. The molecule has 3 rings (SSSR count). The van der Waals surface area contributed by atoms with Crippen molar-refractivity contribution < 1.29 is 23.8 Å². The van der Waals surface area contributed by atoms with Crippen molar-refractivity contribution in [1.82, 2.24) is 5.32 Å². The van der Waals surface area contributed by atoms with Crippen molar-refractivity contribution in [2.75, 3.05) is 6.61 Å². The minimum atomic E-state index is -1.32. The SMILES string of the molecule is CC(C)(C)OC(=O)[C@]1(NC(=O)OCc2ccccc2)CO[C@@H](c2ccc(Br)cc2)C1. The van der Waals surface area contributed by atoms with Gasteiger partial charge >= 0.3 is 12.1 Å². The predicted molar refractivity (Wildman–Crippen MR) is 116 cm³/mol. The molecule has 0 spiro atoms. The van der Waals surface area contributed by atoms with Gasteiger partial charge in [0.2, 0.25) is 0 Å². The van der Waals surface area contributed by atoms with Crippen LogP contribution in [0.4, 0.5) is 4.79 Å². The summed E-state index contributed by atoms with van der Waals surface area (Å²) in [4.78, 5) is 25.6. The molecule has 1 heterocycles. The Hall–Kier alpha value is -2.38. The Morgan fingerprint density at radius 2 is 1.80 bits per heavy atom. The van der Waals surface area contributed by atoms with Crippen LogP contribution >= 0.6 is 15.9 Å². The number of alkyl carbamates (subject to hydrolysis) is 1. The maximum atomic E-state index is 13.0. The van der Waals surface area contributed by atoms with Crippen molar-refractivity contribution in [3.63, 3.8) is 0 Å². The number of halogens is 1. The first-order chi connectivity index (χ1) is 14.2. The molecule has 2 aromatic carbocycles. The van der Waals surface area contributed by atoms with E-state index in [0.29, 0.717) is 0 Å². The number of hydrogen-bond donors (Lipinski definition) is 1. The highest BCUT2D eigenvalue weighted by molar-refractivity contribution is 9.10. The Morgan fingerprint density at radius 3 is 2.43 bits per heavy atom. The molecule has 2 atom stereocenters. The zero-order valence-electron chi connectivity index (χ0n) is 17.3. The quantitative estimate of drug-likeness (QED) is 0.621. The van der Waals surface area contributed by atoms with Gasteiger partial charge in [-0.15, -0.1) is 0 Å². The van der Waals surface area contributed by atoms with Crippen LogP contribution in [0.5, 0.6) is 0 Å². The molecule has 2 aromatic rings. The first kappa shape index (κ1) is 22.3. The first-order valence-corrected chi connectivity index (χ1v) is 10.6. The Kier molecular flexibility index (Phi) is 6.83. The minimum absolute atomic E-state index is 0.00306. The van der Waals surface area contributed by atoms with E-state index in [-0.39, 0.29) is 25.7 Å². The maximum absolute atomic E-state index is 13.0. The van der Waals surface area contributed by atoms with E-state index in [0.717, 1.165) is 15.6 Å². The Labute approximate surface area is 185 Å². The molecule has 1 aliphatic heterocycles. The van der Waals surface area contributed by atoms with Gasteiger partial charge in [0.15, 0.2) is 5.54 Å². The number of benzene rings is 2. The molecule has 0 radical (unpaired) electrons. The second kappa shape index (κ2) is 9.18. The number of nitrogens with one attached hydrogen (secondary N) is 1. The van der Waals surface area contributed by atoms with Crippen molar-refractivity contribution in [3.05, 3.63) is 70.2 Å². The number of ether oxygens (including phenoxy) is 3. The van der Waals surface area contributed by atoms with Crippen LogP contribution in [0.25, 0.3) is 0 Å². The van der Waals surface area contributed by atoms with Crippen LogP contribution < -0.4 is 5.32 Å². The van der Waals surface area contributed by atoms with Crippen molar-refractivity contribution in [1.29, 1.82) is 0 Å². The summed E-state index contributed by atoms with van der Waals surface area (Å²) in [7, 11) is 0. The summed E-state index contributed by atoms with van der Waals surface area (Å²) in [6.07, 6.45) is -0.783. The van der Waals surface area contributed by atoms with E-state index in [1.54, 1.807) is 20.8 Å². The lowest BCUT2D eigenvalue weighted by Gasteiger charge is -2.30. The van der Waals surface area contributed by atoms with Gasteiger partial charge in [-0.2, -0.15) is 0 Å². The highest BCUT2D eigenvalue weighted by Crippen LogP contribution is 2.37. The van der Waals surface area contributed by atoms with Gasteiger partial charge in [0.25, 0.3) is 0 Å². The number of carbonyl (C=O) groups excluding carboxylic acids is 2. The standard InChI is InChI=1S/C23H26BrNO5/c1-22(2,3)30-20(26)23(25-21(27)28-14-16-7-5-4-6-8-16)13-19(29-15-23)17-9-11-18(24)12-10-17/h4-12,19H,13-15H2,1-3H3,(H,25,27)/t19-,23-/m1/s1. The number of esters is 1. The van der Waals surface area contributed by atoms with E-state index < -0.39 is 23.2 Å². The summed E-state index contributed by atoms with van der Waals surface area (Å²) in [5.74, 6) is -0.536. The number of rotatable bonds is 5. The summed E-state index contributed by atoms with van der Waals surface area (Å²) in [5.41, 5.74) is -0.244. The van der Waals surface area contributed by atoms with Crippen LogP contribution in [0.1, 0.15) is 44.4 Å². The van der Waals surface area contributed by atoms with Crippen LogP contribution in [0, 0.1) is 0 Å². The van der Waals surface area contributed by atoms with Gasteiger partial charge in [-0.05, 0) is 44.0 Å². The van der Waals surface area contributed by atoms with Crippen LogP contribution in [0.15, 0.2) is 59.1 Å². The van der Waals surface area contributed by atoms with E-state index in [2.05, 4.69) is 21.2 Å². The monoisotopic (exact) mass is 475 g/mol. The fraction of sp³-hybridized carbons (Fsp3) is 0.391. The third-order valence-corrected chi connectivity index (χ3v) is 5.18. The van der Waals surface area contributed by atoms with Gasteiger partial charge in [0, 0.05) is 10.9 Å². The van der Waals surface area contributed by atoms with Gasteiger partial charge in [0.05, 0.1) is 12.7 Å². The van der Waals surface area contributed by atoms with Crippen molar-refractivity contribution in [2.45, 2.75) is 51.0 Å². The normalized spacial score (nSPS) is 21.1. The molecule has 7 heteroatoms. The second-order valence-corrected chi connectivity index (χ2v) is 9.24. The highest BCUT2D eigenvalue weighted by Gasteiger charge is 2.50. The summed E-state index contributed by atoms with van der Waals surface area (Å²) in [6.45, 7) is 5.47. The van der Waals surface area contributed by atoms with Crippen LogP contribution in [0.3, 0.4) is 0 Å². The Bertz CT molecular complexity index is 879. The van der Waals surface area contributed by atoms with Gasteiger partial charge in [-0.25, -0.2) is 9.59 Å². The predicted octanol–water partition coefficient (Wildman–Crippen LogP) is 4.92. The zero-order valence-corrected chi connectivity index (χ0v) is 18.9. The van der Waals surface area contributed by atoms with E-state index in [1.807, 2.05) is 54.6 Å².